The largest absolute Gasteiger partial charge is 0.346 e. The first kappa shape index (κ1) is 15.0. The normalized spacial score (nSPS) is 16.9. The van der Waals surface area contributed by atoms with Gasteiger partial charge in [0, 0.05) is 30.9 Å². The van der Waals surface area contributed by atoms with E-state index in [1.54, 1.807) is 35.4 Å². The molecule has 1 aromatic heterocycles. The van der Waals surface area contributed by atoms with Crippen LogP contribution in [0.2, 0.25) is 0 Å². The molecule has 3 rings (SSSR count). The van der Waals surface area contributed by atoms with Gasteiger partial charge in [0.15, 0.2) is 6.19 Å². The first-order valence-electron chi connectivity index (χ1n) is 7.33. The van der Waals surface area contributed by atoms with Crippen LogP contribution < -0.4 is 5.32 Å². The summed E-state index contributed by atoms with van der Waals surface area (Å²) < 4.78 is 12.9. The average Bonchev–Trinajstić information content (AvgIpc) is 3.03. The minimum atomic E-state index is -0.291. The zero-order valence-electron chi connectivity index (χ0n) is 12.4. The summed E-state index contributed by atoms with van der Waals surface area (Å²) in [5, 5.41) is 11.7. The lowest BCUT2D eigenvalue weighted by molar-refractivity contribution is 0.0934. The highest BCUT2D eigenvalue weighted by Crippen LogP contribution is 2.19. The van der Waals surface area contributed by atoms with Crippen LogP contribution in [0.1, 0.15) is 16.9 Å². The fraction of sp³-hybridized carbons (Fsp3) is 0.235. The van der Waals surface area contributed by atoms with Crippen molar-refractivity contribution in [2.24, 2.45) is 0 Å². The van der Waals surface area contributed by atoms with Gasteiger partial charge in [-0.25, -0.2) is 4.39 Å². The van der Waals surface area contributed by atoms with Gasteiger partial charge in [0.2, 0.25) is 0 Å². The Morgan fingerprint density at radius 3 is 2.61 bits per heavy atom. The topological polar surface area (TPSA) is 69.0 Å². The minimum Gasteiger partial charge on any atom is -0.346 e. The van der Waals surface area contributed by atoms with Crippen LogP contribution in [0.15, 0.2) is 42.6 Å². The van der Waals surface area contributed by atoms with Crippen LogP contribution in [0.25, 0.3) is 11.1 Å². The molecule has 0 radical (unpaired) electrons. The standard InChI is InChI=1S/C17H15FN4O/c18-14-4-1-12(2-5-14)13-3-6-16(20-9-13)17(23)21-15-7-8-22(10-15)11-19/h1-6,9,15H,7-8,10H2,(H,21,23)/t15-/m1/s1. The fourth-order valence-electron chi connectivity index (χ4n) is 2.57. The van der Waals surface area contributed by atoms with Crippen LogP contribution in [-0.2, 0) is 0 Å². The molecule has 1 N–H and O–H groups in total. The Hall–Kier alpha value is -2.94. The molecule has 0 aliphatic carbocycles. The second-order valence-corrected chi connectivity index (χ2v) is 5.44. The summed E-state index contributed by atoms with van der Waals surface area (Å²) in [7, 11) is 0. The number of nitrogens with one attached hydrogen (secondary N) is 1. The van der Waals surface area contributed by atoms with Crippen LogP contribution >= 0.6 is 0 Å². The molecule has 1 aromatic carbocycles. The van der Waals surface area contributed by atoms with Gasteiger partial charge in [0.25, 0.3) is 5.91 Å². The molecule has 0 unspecified atom stereocenters. The maximum absolute atomic E-state index is 12.9. The number of benzene rings is 1. The van der Waals surface area contributed by atoms with Crippen molar-refractivity contribution in [3.05, 3.63) is 54.1 Å². The summed E-state index contributed by atoms with van der Waals surface area (Å²) in [6, 6.07) is 9.51. The second-order valence-electron chi connectivity index (χ2n) is 5.44. The number of likely N-dealkylation sites (tertiary alicyclic amines) is 1. The lowest BCUT2D eigenvalue weighted by Gasteiger charge is -2.12. The van der Waals surface area contributed by atoms with Gasteiger partial charge in [0.05, 0.1) is 0 Å². The average molecular weight is 310 g/mol. The molecule has 1 atom stereocenters. The van der Waals surface area contributed by atoms with E-state index in [9.17, 15) is 9.18 Å². The molecular formula is C17H15FN4O. The third-order valence-corrected chi connectivity index (χ3v) is 3.84. The third-order valence-electron chi connectivity index (χ3n) is 3.84. The highest BCUT2D eigenvalue weighted by atomic mass is 19.1. The van der Waals surface area contributed by atoms with E-state index in [4.69, 9.17) is 5.26 Å². The number of pyridine rings is 1. The summed E-state index contributed by atoms with van der Waals surface area (Å²) in [5.41, 5.74) is 1.98. The Morgan fingerprint density at radius 2 is 2.00 bits per heavy atom. The van der Waals surface area contributed by atoms with Crippen molar-refractivity contribution >= 4 is 5.91 Å². The summed E-state index contributed by atoms with van der Waals surface area (Å²) in [6.45, 7) is 1.20. The lowest BCUT2D eigenvalue weighted by atomic mass is 10.1. The van der Waals surface area contributed by atoms with Gasteiger partial charge in [-0.15, -0.1) is 0 Å². The summed E-state index contributed by atoms with van der Waals surface area (Å²) in [4.78, 5) is 18.0. The van der Waals surface area contributed by atoms with Gasteiger partial charge in [-0.2, -0.15) is 5.26 Å². The van der Waals surface area contributed by atoms with E-state index in [1.165, 1.54) is 12.1 Å². The van der Waals surface area contributed by atoms with Crippen molar-refractivity contribution in [1.29, 1.82) is 5.26 Å². The fourth-order valence-corrected chi connectivity index (χ4v) is 2.57. The predicted molar refractivity (Wildman–Crippen MR) is 82.7 cm³/mol. The first-order chi connectivity index (χ1) is 11.2. The Kier molecular flexibility index (Phi) is 4.20. The van der Waals surface area contributed by atoms with Crippen molar-refractivity contribution in [2.45, 2.75) is 12.5 Å². The van der Waals surface area contributed by atoms with Gasteiger partial charge in [-0.3, -0.25) is 9.78 Å². The highest BCUT2D eigenvalue weighted by molar-refractivity contribution is 5.92. The monoisotopic (exact) mass is 310 g/mol. The second kappa shape index (κ2) is 6.44. The van der Waals surface area contributed by atoms with E-state index < -0.39 is 0 Å². The van der Waals surface area contributed by atoms with E-state index in [0.717, 1.165) is 17.5 Å². The van der Waals surface area contributed by atoms with E-state index in [1.807, 2.05) is 0 Å². The van der Waals surface area contributed by atoms with Crippen molar-refractivity contribution in [2.75, 3.05) is 13.1 Å². The SMILES string of the molecule is N#CN1CC[C@@H](NC(=O)c2ccc(-c3ccc(F)cc3)cn2)C1. The molecule has 0 spiro atoms. The predicted octanol–water partition coefficient (Wildman–Crippen LogP) is 2.17. The Labute approximate surface area is 133 Å². The van der Waals surface area contributed by atoms with Gasteiger partial charge in [-0.1, -0.05) is 18.2 Å². The van der Waals surface area contributed by atoms with Crippen LogP contribution in [0.4, 0.5) is 4.39 Å². The quantitative estimate of drug-likeness (QED) is 0.882. The van der Waals surface area contributed by atoms with Crippen LogP contribution in [0.5, 0.6) is 0 Å². The maximum atomic E-state index is 12.9. The lowest BCUT2D eigenvalue weighted by Crippen LogP contribution is -2.36. The van der Waals surface area contributed by atoms with Crippen molar-refractivity contribution in [1.82, 2.24) is 15.2 Å². The molecule has 116 valence electrons. The number of hydrogen-bond donors (Lipinski definition) is 1. The van der Waals surface area contributed by atoms with E-state index in [-0.39, 0.29) is 17.8 Å². The van der Waals surface area contributed by atoms with Crippen LogP contribution in [0.3, 0.4) is 0 Å². The number of amides is 1. The Bertz CT molecular complexity index is 737. The number of nitriles is 1. The smallest absolute Gasteiger partial charge is 0.270 e. The van der Waals surface area contributed by atoms with E-state index in [0.29, 0.717) is 18.8 Å². The molecule has 1 aliphatic heterocycles. The number of rotatable bonds is 3. The summed E-state index contributed by atoms with van der Waals surface area (Å²) in [6.07, 6.45) is 4.43. The van der Waals surface area contributed by atoms with Gasteiger partial charge >= 0.3 is 0 Å². The third kappa shape index (κ3) is 3.46. The molecule has 6 heteroatoms. The van der Waals surface area contributed by atoms with Crippen LogP contribution in [0, 0.1) is 17.3 Å². The molecule has 1 saturated heterocycles. The molecule has 5 nitrogen and oxygen atoms in total. The maximum Gasteiger partial charge on any atom is 0.270 e. The molecule has 1 amide bonds. The van der Waals surface area contributed by atoms with Crippen molar-refractivity contribution in [3.63, 3.8) is 0 Å². The number of nitrogens with zero attached hydrogens (tertiary/aromatic N) is 3. The highest BCUT2D eigenvalue weighted by Gasteiger charge is 2.23. The number of carbonyl (C=O) groups is 1. The van der Waals surface area contributed by atoms with Gasteiger partial charge in [-0.05, 0) is 30.2 Å². The molecule has 0 saturated carbocycles. The molecule has 1 fully saturated rings. The number of aromatic nitrogens is 1. The van der Waals surface area contributed by atoms with E-state index >= 15 is 0 Å². The Morgan fingerprint density at radius 1 is 1.26 bits per heavy atom. The molecule has 0 bridgehead atoms. The molecule has 2 heterocycles. The number of halogens is 1. The van der Waals surface area contributed by atoms with Gasteiger partial charge < -0.3 is 10.2 Å². The molecular weight excluding hydrogens is 295 g/mol. The zero-order valence-corrected chi connectivity index (χ0v) is 12.4. The molecule has 23 heavy (non-hydrogen) atoms. The summed E-state index contributed by atoms with van der Waals surface area (Å²) >= 11 is 0. The zero-order chi connectivity index (χ0) is 16.2. The van der Waals surface area contributed by atoms with Crippen molar-refractivity contribution in [3.8, 4) is 17.3 Å². The minimum absolute atomic E-state index is 0.0271. The molecule has 1 aliphatic rings. The summed E-state index contributed by atoms with van der Waals surface area (Å²) in [5.74, 6) is -0.541. The Balaban J connectivity index is 1.66. The number of carbonyl (C=O) groups excluding carboxylic acids is 1. The van der Waals surface area contributed by atoms with Crippen LogP contribution in [-0.4, -0.2) is 34.9 Å². The van der Waals surface area contributed by atoms with Crippen molar-refractivity contribution < 1.29 is 9.18 Å². The first-order valence-corrected chi connectivity index (χ1v) is 7.33. The molecule has 2 aromatic rings. The van der Waals surface area contributed by atoms with E-state index in [2.05, 4.69) is 16.5 Å². The number of hydrogen-bond acceptors (Lipinski definition) is 4. The van der Waals surface area contributed by atoms with Gasteiger partial charge in [0.1, 0.15) is 11.5 Å².